The van der Waals surface area contributed by atoms with Crippen LogP contribution in [0.15, 0.2) is 22.7 Å². The molecule has 0 aliphatic heterocycles. The molecule has 0 atom stereocenters. The molecule has 0 fully saturated rings. The van der Waals surface area contributed by atoms with Gasteiger partial charge in [-0.15, -0.1) is 0 Å². The Morgan fingerprint density at radius 1 is 1.45 bits per heavy atom. The Kier molecular flexibility index (Phi) is 5.56. The highest BCUT2D eigenvalue weighted by Gasteiger charge is 2.24. The summed E-state index contributed by atoms with van der Waals surface area (Å²) in [7, 11) is 1.69. The van der Waals surface area contributed by atoms with Gasteiger partial charge in [0.15, 0.2) is 5.96 Å². The van der Waals surface area contributed by atoms with Gasteiger partial charge < -0.3 is 5.73 Å². The summed E-state index contributed by atoms with van der Waals surface area (Å²) in [5.41, 5.74) is 7.29. The first-order valence-electron chi connectivity index (χ1n) is 6.40. The molecular formula is C14H21BrN4O. The molecule has 0 spiro atoms. The number of anilines is 1. The fourth-order valence-electron chi connectivity index (χ4n) is 1.97. The summed E-state index contributed by atoms with van der Waals surface area (Å²) in [6.45, 7) is 6.31. The van der Waals surface area contributed by atoms with Gasteiger partial charge in [-0.2, -0.15) is 0 Å². The lowest BCUT2D eigenvalue weighted by Crippen LogP contribution is -2.49. The minimum atomic E-state index is -0.304. The fraction of sp³-hybridized carbons (Fsp3) is 0.429. The highest BCUT2D eigenvalue weighted by Crippen LogP contribution is 2.29. The summed E-state index contributed by atoms with van der Waals surface area (Å²) in [6, 6.07) is 5.43. The van der Waals surface area contributed by atoms with Gasteiger partial charge in [-0.3, -0.25) is 15.2 Å². The average Bonchev–Trinajstić information content (AvgIpc) is 2.34. The molecular weight excluding hydrogens is 320 g/mol. The number of nitrogens with one attached hydrogen (secondary N) is 1. The number of carbonyl (C=O) groups excluding carboxylic acids is 1. The number of hydrogen-bond acceptors (Lipinski definition) is 2. The van der Waals surface area contributed by atoms with Gasteiger partial charge in [-0.25, -0.2) is 4.79 Å². The van der Waals surface area contributed by atoms with E-state index in [0.29, 0.717) is 6.54 Å². The molecule has 1 aromatic rings. The van der Waals surface area contributed by atoms with Crippen molar-refractivity contribution < 1.29 is 4.79 Å². The van der Waals surface area contributed by atoms with Crippen LogP contribution < -0.4 is 10.6 Å². The molecule has 3 N–H and O–H groups in total. The van der Waals surface area contributed by atoms with E-state index in [-0.39, 0.29) is 17.9 Å². The molecule has 1 aromatic carbocycles. The molecule has 0 radical (unpaired) electrons. The van der Waals surface area contributed by atoms with Crippen LogP contribution in [0.3, 0.4) is 0 Å². The molecule has 1 rings (SSSR count). The number of urea groups is 1. The Morgan fingerprint density at radius 2 is 2.05 bits per heavy atom. The topological polar surface area (TPSA) is 73.4 Å². The van der Waals surface area contributed by atoms with Crippen LogP contribution in [0.5, 0.6) is 0 Å². The molecule has 0 heterocycles. The summed E-state index contributed by atoms with van der Waals surface area (Å²) in [4.78, 5) is 15.3. The van der Waals surface area contributed by atoms with Crippen LogP contribution in [0.4, 0.5) is 10.5 Å². The molecule has 0 bridgehead atoms. The van der Waals surface area contributed by atoms with Gasteiger partial charge in [0, 0.05) is 18.1 Å². The smallest absolute Gasteiger partial charge is 0.331 e. The van der Waals surface area contributed by atoms with Crippen LogP contribution in [-0.2, 0) is 0 Å². The second kappa shape index (κ2) is 6.74. The van der Waals surface area contributed by atoms with Crippen LogP contribution >= 0.6 is 15.9 Å². The summed E-state index contributed by atoms with van der Waals surface area (Å²) in [5.74, 6) is -0.00295. The molecule has 0 aromatic heterocycles. The number of hydrogen-bond donors (Lipinski definition) is 2. The first-order chi connectivity index (χ1) is 9.25. The lowest BCUT2D eigenvalue weighted by atomic mass is 10.2. The lowest BCUT2D eigenvalue weighted by molar-refractivity contribution is 0.223. The lowest BCUT2D eigenvalue weighted by Gasteiger charge is -2.29. The van der Waals surface area contributed by atoms with E-state index in [1.54, 1.807) is 7.05 Å². The van der Waals surface area contributed by atoms with E-state index in [2.05, 4.69) is 15.9 Å². The van der Waals surface area contributed by atoms with Gasteiger partial charge in [-0.1, -0.05) is 26.0 Å². The van der Waals surface area contributed by atoms with Gasteiger partial charge in [0.2, 0.25) is 0 Å². The van der Waals surface area contributed by atoms with Crippen molar-refractivity contribution in [2.75, 3.05) is 18.5 Å². The molecule has 6 heteroatoms. The maximum atomic E-state index is 12.5. The monoisotopic (exact) mass is 340 g/mol. The van der Waals surface area contributed by atoms with Gasteiger partial charge in [0.1, 0.15) is 0 Å². The zero-order valence-electron chi connectivity index (χ0n) is 12.3. The number of guanidine groups is 1. The Balaban J connectivity index is 3.09. The van der Waals surface area contributed by atoms with Crippen molar-refractivity contribution in [3.05, 3.63) is 28.2 Å². The molecule has 5 nitrogen and oxygen atoms in total. The summed E-state index contributed by atoms with van der Waals surface area (Å²) < 4.78 is 0.835. The van der Waals surface area contributed by atoms with E-state index < -0.39 is 0 Å². The maximum Gasteiger partial charge on any atom is 0.331 e. The van der Waals surface area contributed by atoms with Crippen molar-refractivity contribution in [2.24, 2.45) is 11.7 Å². The SMILES string of the molecule is Cc1cccc(Br)c1N(C)C(=O)N(CC(C)C)C(=N)N. The van der Waals surface area contributed by atoms with Crippen molar-refractivity contribution in [1.29, 1.82) is 5.41 Å². The molecule has 20 heavy (non-hydrogen) atoms. The number of nitrogens with two attached hydrogens (primary N) is 1. The van der Waals surface area contributed by atoms with E-state index in [1.165, 1.54) is 9.80 Å². The zero-order chi connectivity index (χ0) is 15.4. The van der Waals surface area contributed by atoms with E-state index in [9.17, 15) is 4.79 Å². The quantitative estimate of drug-likeness (QED) is 0.655. The number of amides is 2. The third-order valence-electron chi connectivity index (χ3n) is 2.88. The van der Waals surface area contributed by atoms with E-state index in [4.69, 9.17) is 11.1 Å². The van der Waals surface area contributed by atoms with Crippen LogP contribution in [0.1, 0.15) is 19.4 Å². The predicted molar refractivity (Wildman–Crippen MR) is 86.1 cm³/mol. The number of carbonyl (C=O) groups is 1. The van der Waals surface area contributed by atoms with Gasteiger partial charge in [-0.05, 0) is 40.4 Å². The standard InChI is InChI=1S/C14H21BrN4O/c1-9(2)8-19(13(16)17)14(20)18(4)12-10(3)6-5-7-11(12)15/h5-7,9H,8H2,1-4H3,(H3,16,17). The number of benzene rings is 1. The number of para-hydroxylation sites is 1. The van der Waals surface area contributed by atoms with Gasteiger partial charge >= 0.3 is 6.03 Å². The van der Waals surface area contributed by atoms with E-state index >= 15 is 0 Å². The van der Waals surface area contributed by atoms with Crippen LogP contribution in [0, 0.1) is 18.3 Å². The van der Waals surface area contributed by atoms with Crippen molar-refractivity contribution in [1.82, 2.24) is 4.90 Å². The number of halogens is 1. The molecule has 0 saturated carbocycles. The highest BCUT2D eigenvalue weighted by molar-refractivity contribution is 9.10. The third kappa shape index (κ3) is 3.72. The summed E-state index contributed by atoms with van der Waals surface area (Å²) in [6.07, 6.45) is 0. The second-order valence-corrected chi connectivity index (χ2v) is 5.99. The van der Waals surface area contributed by atoms with E-state index in [0.717, 1.165) is 15.7 Å². The van der Waals surface area contributed by atoms with Crippen molar-refractivity contribution in [3.63, 3.8) is 0 Å². The normalized spacial score (nSPS) is 10.5. The molecule has 0 aliphatic rings. The second-order valence-electron chi connectivity index (χ2n) is 5.14. The minimum Gasteiger partial charge on any atom is -0.370 e. The predicted octanol–water partition coefficient (Wildman–Crippen LogP) is 3.17. The van der Waals surface area contributed by atoms with Crippen molar-refractivity contribution in [2.45, 2.75) is 20.8 Å². The number of rotatable bonds is 3. The minimum absolute atomic E-state index is 0.233. The molecule has 110 valence electrons. The van der Waals surface area contributed by atoms with Crippen LogP contribution in [0.2, 0.25) is 0 Å². The molecule has 0 aliphatic carbocycles. The Labute approximate surface area is 128 Å². The zero-order valence-corrected chi connectivity index (χ0v) is 13.9. The Bertz CT molecular complexity index is 496. The van der Waals surface area contributed by atoms with Gasteiger partial charge in [0.25, 0.3) is 0 Å². The largest absolute Gasteiger partial charge is 0.370 e. The summed E-state index contributed by atoms with van der Waals surface area (Å²) >= 11 is 3.46. The van der Waals surface area contributed by atoms with Gasteiger partial charge in [0.05, 0.1) is 5.69 Å². The Hall–Kier alpha value is -1.56. The van der Waals surface area contributed by atoms with Crippen molar-refractivity contribution >= 4 is 33.6 Å². The highest BCUT2D eigenvalue weighted by atomic mass is 79.9. The fourth-order valence-corrected chi connectivity index (χ4v) is 2.70. The average molecular weight is 341 g/mol. The molecule has 2 amide bonds. The number of aryl methyl sites for hydroxylation is 1. The Morgan fingerprint density at radius 3 is 2.50 bits per heavy atom. The first kappa shape index (κ1) is 16.5. The summed E-state index contributed by atoms with van der Waals surface area (Å²) in [5, 5.41) is 7.58. The molecule has 0 saturated heterocycles. The first-order valence-corrected chi connectivity index (χ1v) is 7.19. The van der Waals surface area contributed by atoms with Crippen LogP contribution in [-0.4, -0.2) is 30.5 Å². The van der Waals surface area contributed by atoms with E-state index in [1.807, 2.05) is 39.0 Å². The molecule has 0 unspecified atom stereocenters. The van der Waals surface area contributed by atoms with Crippen molar-refractivity contribution in [3.8, 4) is 0 Å². The number of nitrogens with zero attached hydrogens (tertiary/aromatic N) is 2. The third-order valence-corrected chi connectivity index (χ3v) is 3.52. The maximum absolute atomic E-state index is 12.5. The van der Waals surface area contributed by atoms with Crippen LogP contribution in [0.25, 0.3) is 0 Å².